The van der Waals surface area contributed by atoms with E-state index in [0.717, 1.165) is 15.7 Å². The van der Waals surface area contributed by atoms with Gasteiger partial charge in [0.15, 0.2) is 0 Å². The van der Waals surface area contributed by atoms with Gasteiger partial charge in [0.05, 0.1) is 12.0 Å². The lowest BCUT2D eigenvalue weighted by Gasteiger charge is -2.10. The van der Waals surface area contributed by atoms with E-state index < -0.39 is 23.6 Å². The molecule has 0 aliphatic rings. The van der Waals surface area contributed by atoms with Gasteiger partial charge in [0, 0.05) is 20.5 Å². The van der Waals surface area contributed by atoms with Crippen molar-refractivity contribution >= 4 is 45.8 Å². The van der Waals surface area contributed by atoms with Crippen molar-refractivity contribution in [2.24, 2.45) is 5.10 Å². The van der Waals surface area contributed by atoms with E-state index >= 15 is 0 Å². The summed E-state index contributed by atoms with van der Waals surface area (Å²) < 4.78 is 39.0. The van der Waals surface area contributed by atoms with Gasteiger partial charge >= 0.3 is 6.18 Å². The number of hydrazone groups is 1. The first-order chi connectivity index (χ1) is 12.6. The minimum atomic E-state index is -4.49. The fourth-order valence-electron chi connectivity index (χ4n) is 2.06. The number of benzene rings is 2. The molecule has 5 nitrogen and oxygen atoms in total. The van der Waals surface area contributed by atoms with Crippen LogP contribution in [-0.2, 0) is 11.0 Å². The molecule has 0 heterocycles. The number of nitrogens with one attached hydrogen (secondary N) is 2. The smallest absolute Gasteiger partial charge is 0.326 e. The molecule has 2 amide bonds. The molecule has 0 fully saturated rings. The molecule has 0 unspecified atom stereocenters. The lowest BCUT2D eigenvalue weighted by molar-refractivity contribution is -0.137. The molecule has 2 rings (SSSR count). The van der Waals surface area contributed by atoms with Crippen molar-refractivity contribution in [3.05, 3.63) is 63.2 Å². The third kappa shape index (κ3) is 6.66. The van der Waals surface area contributed by atoms with E-state index in [-0.39, 0.29) is 12.1 Å². The highest BCUT2D eigenvalue weighted by Crippen LogP contribution is 2.30. The summed E-state index contributed by atoms with van der Waals surface area (Å²) in [6.45, 7) is 1.53. The predicted molar refractivity (Wildman–Crippen MR) is 104 cm³/mol. The normalized spacial score (nSPS) is 11.8. The van der Waals surface area contributed by atoms with E-state index in [1.807, 2.05) is 0 Å². The van der Waals surface area contributed by atoms with Gasteiger partial charge < -0.3 is 5.32 Å². The van der Waals surface area contributed by atoms with Crippen LogP contribution < -0.4 is 10.7 Å². The molecule has 0 spiro atoms. The van der Waals surface area contributed by atoms with Crippen molar-refractivity contribution in [3.63, 3.8) is 0 Å². The van der Waals surface area contributed by atoms with Crippen LogP contribution in [0.1, 0.15) is 29.3 Å². The zero-order chi connectivity index (χ0) is 20.0. The molecular weight excluding hydrogens is 474 g/mol. The van der Waals surface area contributed by atoms with E-state index in [9.17, 15) is 22.8 Å². The van der Waals surface area contributed by atoms with Crippen LogP contribution in [0.25, 0.3) is 0 Å². The quantitative estimate of drug-likeness (QED) is 0.371. The molecular formula is C18H15F3IN3O2. The Morgan fingerprint density at radius 3 is 2.41 bits per heavy atom. The van der Waals surface area contributed by atoms with Gasteiger partial charge in [0.1, 0.15) is 0 Å². The van der Waals surface area contributed by atoms with Crippen LogP contribution >= 0.6 is 22.6 Å². The molecule has 0 radical (unpaired) electrons. The third-order valence-corrected chi connectivity index (χ3v) is 4.06. The average molecular weight is 489 g/mol. The van der Waals surface area contributed by atoms with Gasteiger partial charge in [-0.2, -0.15) is 18.3 Å². The second-order valence-corrected chi connectivity index (χ2v) is 6.84. The maximum atomic E-state index is 12.7. The Labute approximate surface area is 167 Å². The zero-order valence-corrected chi connectivity index (χ0v) is 16.3. The fraction of sp³-hybridized carbons (Fsp3) is 0.167. The summed E-state index contributed by atoms with van der Waals surface area (Å²) in [7, 11) is 0. The first-order valence-electron chi connectivity index (χ1n) is 7.71. The minimum absolute atomic E-state index is 0.0329. The van der Waals surface area contributed by atoms with Crippen LogP contribution in [-0.4, -0.2) is 17.5 Å². The maximum Gasteiger partial charge on any atom is 0.416 e. The van der Waals surface area contributed by atoms with Crippen molar-refractivity contribution in [2.45, 2.75) is 19.5 Å². The largest absolute Gasteiger partial charge is 0.416 e. The highest BCUT2D eigenvalue weighted by molar-refractivity contribution is 14.1. The Morgan fingerprint density at radius 2 is 1.78 bits per heavy atom. The van der Waals surface area contributed by atoms with Crippen LogP contribution in [0, 0.1) is 3.57 Å². The second-order valence-electron chi connectivity index (χ2n) is 5.60. The molecule has 2 aromatic carbocycles. The van der Waals surface area contributed by atoms with Crippen molar-refractivity contribution in [3.8, 4) is 0 Å². The molecule has 142 valence electrons. The topological polar surface area (TPSA) is 70.6 Å². The van der Waals surface area contributed by atoms with Crippen LogP contribution in [0.2, 0.25) is 0 Å². The van der Waals surface area contributed by atoms with Gasteiger partial charge in [-0.25, -0.2) is 5.43 Å². The lowest BCUT2D eigenvalue weighted by Crippen LogP contribution is -2.21. The number of alkyl halides is 3. The number of hydrogen-bond acceptors (Lipinski definition) is 3. The summed E-state index contributed by atoms with van der Waals surface area (Å²) in [5, 5.41) is 6.21. The number of amides is 2. The van der Waals surface area contributed by atoms with Gasteiger partial charge in [-0.15, -0.1) is 0 Å². The SMILES string of the molecule is CC(CC(=O)Nc1cccc(C(F)(F)F)c1)=NNC(=O)c1ccc(I)cc1. The van der Waals surface area contributed by atoms with Crippen molar-refractivity contribution in [2.75, 3.05) is 5.32 Å². The van der Waals surface area contributed by atoms with Gasteiger partial charge in [-0.05, 0) is 72.0 Å². The Bertz CT molecular complexity index is 865. The molecule has 0 bridgehead atoms. The molecule has 0 aromatic heterocycles. The summed E-state index contributed by atoms with van der Waals surface area (Å²) in [5.74, 6) is -0.969. The first-order valence-corrected chi connectivity index (χ1v) is 8.79. The summed E-state index contributed by atoms with van der Waals surface area (Å²) in [6, 6.07) is 11.2. The van der Waals surface area contributed by atoms with Crippen molar-refractivity contribution < 1.29 is 22.8 Å². The predicted octanol–water partition coefficient (Wildman–Crippen LogP) is 4.44. The average Bonchev–Trinajstić information content (AvgIpc) is 2.59. The minimum Gasteiger partial charge on any atom is -0.326 e. The molecule has 27 heavy (non-hydrogen) atoms. The van der Waals surface area contributed by atoms with E-state index in [1.54, 1.807) is 24.3 Å². The highest BCUT2D eigenvalue weighted by atomic mass is 127. The molecule has 0 atom stereocenters. The van der Waals surface area contributed by atoms with Crippen molar-refractivity contribution in [1.29, 1.82) is 0 Å². The third-order valence-electron chi connectivity index (χ3n) is 3.34. The first kappa shape index (κ1) is 20.9. The molecule has 0 saturated carbocycles. The Kier molecular flexibility index (Phi) is 6.94. The standard InChI is InChI=1S/C18H15F3IN3O2/c1-11(24-25-17(27)12-5-7-14(22)8-6-12)9-16(26)23-15-4-2-3-13(10-15)18(19,20)21/h2-8,10H,9H2,1H3,(H,23,26)(H,25,27). The fourth-order valence-corrected chi connectivity index (χ4v) is 2.42. The van der Waals surface area contributed by atoms with Gasteiger partial charge in [0.2, 0.25) is 5.91 Å². The molecule has 0 aliphatic carbocycles. The summed E-state index contributed by atoms with van der Waals surface area (Å²) in [5.41, 5.74) is 2.24. The van der Waals surface area contributed by atoms with Crippen molar-refractivity contribution in [1.82, 2.24) is 5.43 Å². The Morgan fingerprint density at radius 1 is 1.11 bits per heavy atom. The number of anilines is 1. The Balaban J connectivity index is 1.92. The van der Waals surface area contributed by atoms with Crippen LogP contribution in [0.4, 0.5) is 18.9 Å². The number of rotatable bonds is 5. The van der Waals surface area contributed by atoms with E-state index in [0.29, 0.717) is 11.3 Å². The summed E-state index contributed by atoms with van der Waals surface area (Å²) in [4.78, 5) is 23.9. The summed E-state index contributed by atoms with van der Waals surface area (Å²) in [6.07, 6.45) is -4.67. The van der Waals surface area contributed by atoms with Crippen LogP contribution in [0.5, 0.6) is 0 Å². The van der Waals surface area contributed by atoms with Crippen LogP contribution in [0.3, 0.4) is 0 Å². The second kappa shape index (κ2) is 8.98. The number of halogens is 4. The Hall–Kier alpha value is -2.43. The van der Waals surface area contributed by atoms with E-state index in [4.69, 9.17) is 0 Å². The molecule has 9 heteroatoms. The van der Waals surface area contributed by atoms with Gasteiger partial charge in [-0.3, -0.25) is 9.59 Å². The monoisotopic (exact) mass is 489 g/mol. The van der Waals surface area contributed by atoms with Gasteiger partial charge in [-0.1, -0.05) is 6.07 Å². The van der Waals surface area contributed by atoms with Gasteiger partial charge in [0.25, 0.3) is 5.91 Å². The number of carbonyl (C=O) groups excluding carboxylic acids is 2. The summed E-state index contributed by atoms with van der Waals surface area (Å²) >= 11 is 2.11. The molecule has 0 saturated heterocycles. The maximum absolute atomic E-state index is 12.7. The molecule has 2 N–H and O–H groups in total. The lowest BCUT2D eigenvalue weighted by atomic mass is 10.2. The zero-order valence-electron chi connectivity index (χ0n) is 14.1. The van der Waals surface area contributed by atoms with Crippen LogP contribution in [0.15, 0.2) is 53.6 Å². The van der Waals surface area contributed by atoms with E-state index in [2.05, 4.69) is 38.4 Å². The molecule has 2 aromatic rings. The molecule has 0 aliphatic heterocycles. The van der Waals surface area contributed by atoms with E-state index in [1.165, 1.54) is 19.1 Å². The highest BCUT2D eigenvalue weighted by Gasteiger charge is 2.30. The number of nitrogens with zero attached hydrogens (tertiary/aromatic N) is 1. The number of carbonyl (C=O) groups is 2. The number of hydrogen-bond donors (Lipinski definition) is 2.